The number of thiocarbonyl (C=S) groups is 1. The molecule has 0 bridgehead atoms. The molecule has 6 heteroatoms. The van der Waals surface area contributed by atoms with E-state index in [1.807, 2.05) is 0 Å². The molecule has 2 N–H and O–H groups in total. The zero-order valence-corrected chi connectivity index (χ0v) is 12.2. The second-order valence-electron chi connectivity index (χ2n) is 3.19. The molecule has 0 fully saturated rings. The summed E-state index contributed by atoms with van der Waals surface area (Å²) < 4.78 is 5.30. The van der Waals surface area contributed by atoms with Crippen molar-refractivity contribution in [2.75, 3.05) is 19.7 Å². The van der Waals surface area contributed by atoms with E-state index in [0.717, 1.165) is 25.9 Å². The molecule has 0 aliphatic carbocycles. The minimum atomic E-state index is -0.639. The summed E-state index contributed by atoms with van der Waals surface area (Å²) in [4.78, 5) is 11.2. The minimum absolute atomic E-state index is 0.503. The second-order valence-corrected chi connectivity index (χ2v) is 3.98. The van der Waals surface area contributed by atoms with Gasteiger partial charge in [0.15, 0.2) is 0 Å². The largest absolute Gasteiger partial charge is 0.467 e. The number of carbonyl (C=O) groups is 1. The molecule has 0 saturated heterocycles. The smallest absolute Gasteiger partial charge is 0.273 e. The van der Waals surface area contributed by atoms with Crippen LogP contribution in [-0.4, -0.2) is 35.0 Å². The number of amides is 1. The molecule has 100 valence electrons. The lowest BCUT2D eigenvalue weighted by molar-refractivity contribution is 0.267. The van der Waals surface area contributed by atoms with Crippen LogP contribution in [0.3, 0.4) is 0 Å². The Morgan fingerprint density at radius 3 is 2.18 bits per heavy atom. The Hall–Kier alpha value is -0.750. The number of thiol groups is 1. The first-order valence-electron chi connectivity index (χ1n) is 5.50. The molecule has 0 aliphatic rings. The molecular formula is C11H22N2O2S2. The van der Waals surface area contributed by atoms with E-state index in [1.54, 1.807) is 6.08 Å². The quantitative estimate of drug-likeness (QED) is 0.445. The maximum absolute atomic E-state index is 9.09. The number of primary amides is 1. The maximum atomic E-state index is 9.09. The average molecular weight is 278 g/mol. The van der Waals surface area contributed by atoms with Gasteiger partial charge in [-0.2, -0.15) is 0 Å². The molecule has 0 aromatic rings. The van der Waals surface area contributed by atoms with Crippen LogP contribution in [0.15, 0.2) is 12.7 Å². The highest BCUT2D eigenvalue weighted by Gasteiger charge is 2.07. The number of ether oxygens (including phenoxy) is 1. The average Bonchev–Trinajstić information content (AvgIpc) is 2.25. The van der Waals surface area contributed by atoms with Gasteiger partial charge in [-0.1, -0.05) is 39.1 Å². The monoisotopic (exact) mass is 278 g/mol. The van der Waals surface area contributed by atoms with Crippen molar-refractivity contribution in [3.05, 3.63) is 12.7 Å². The Labute approximate surface area is 115 Å². The molecule has 0 heterocycles. The van der Waals surface area contributed by atoms with E-state index in [4.69, 9.17) is 21.7 Å². The van der Waals surface area contributed by atoms with Crippen molar-refractivity contribution < 1.29 is 9.53 Å². The summed E-state index contributed by atoms with van der Waals surface area (Å²) in [5.74, 6) is 0. The van der Waals surface area contributed by atoms with Crippen LogP contribution in [0.4, 0.5) is 4.79 Å². The maximum Gasteiger partial charge on any atom is 0.273 e. The van der Waals surface area contributed by atoms with Gasteiger partial charge in [0.25, 0.3) is 10.4 Å². The van der Waals surface area contributed by atoms with E-state index in [2.05, 4.69) is 43.7 Å². The first-order chi connectivity index (χ1) is 7.99. The van der Waals surface area contributed by atoms with Crippen LogP contribution >= 0.6 is 24.8 Å². The van der Waals surface area contributed by atoms with Gasteiger partial charge in [0, 0.05) is 13.1 Å². The van der Waals surface area contributed by atoms with Crippen molar-refractivity contribution in [3.8, 4) is 0 Å². The van der Waals surface area contributed by atoms with E-state index in [-0.39, 0.29) is 0 Å². The van der Waals surface area contributed by atoms with Gasteiger partial charge in [0.05, 0.1) is 0 Å². The van der Waals surface area contributed by atoms with Crippen molar-refractivity contribution in [2.45, 2.75) is 26.7 Å². The molecule has 0 unspecified atom stereocenters. The van der Waals surface area contributed by atoms with E-state index in [1.165, 1.54) is 0 Å². The van der Waals surface area contributed by atoms with Crippen LogP contribution in [0.25, 0.3) is 0 Å². The predicted octanol–water partition coefficient (Wildman–Crippen LogP) is 2.59. The zero-order valence-electron chi connectivity index (χ0n) is 10.5. The highest BCUT2D eigenvalue weighted by Crippen LogP contribution is 1.98. The van der Waals surface area contributed by atoms with Crippen LogP contribution in [0.5, 0.6) is 0 Å². The predicted molar refractivity (Wildman–Crippen MR) is 79.5 cm³/mol. The van der Waals surface area contributed by atoms with Crippen molar-refractivity contribution in [2.24, 2.45) is 5.73 Å². The molecule has 0 atom stereocenters. The summed E-state index contributed by atoms with van der Waals surface area (Å²) in [6.07, 6.45) is 3.90. The van der Waals surface area contributed by atoms with Crippen molar-refractivity contribution in [1.82, 2.24) is 4.90 Å². The highest BCUT2D eigenvalue weighted by molar-refractivity contribution is 7.96. The summed E-state index contributed by atoms with van der Waals surface area (Å²) in [7, 11) is 0. The molecule has 0 spiro atoms. The van der Waals surface area contributed by atoms with Gasteiger partial charge in [-0.15, -0.1) is 0 Å². The van der Waals surface area contributed by atoms with Gasteiger partial charge in [0.2, 0.25) is 0 Å². The summed E-state index contributed by atoms with van der Waals surface area (Å²) in [6.45, 7) is 10.3. The summed E-state index contributed by atoms with van der Waals surface area (Å²) >= 11 is 8.23. The van der Waals surface area contributed by atoms with Gasteiger partial charge in [-0.3, -0.25) is 4.79 Å². The lowest BCUT2D eigenvalue weighted by Gasteiger charge is -2.23. The SMILES string of the molecule is C=CCOC(=S)N(CCC)CCC.NC(=O)S. The fourth-order valence-corrected chi connectivity index (χ4v) is 1.31. The number of rotatable bonds is 6. The molecule has 4 nitrogen and oxygen atoms in total. The van der Waals surface area contributed by atoms with E-state index >= 15 is 0 Å². The molecule has 0 radical (unpaired) electrons. The van der Waals surface area contributed by atoms with E-state index < -0.39 is 5.24 Å². The summed E-state index contributed by atoms with van der Waals surface area (Å²) in [5, 5.41) is -0.0383. The summed E-state index contributed by atoms with van der Waals surface area (Å²) in [6, 6.07) is 0. The number of hydrogen-bond donors (Lipinski definition) is 2. The Balaban J connectivity index is 0. The Morgan fingerprint density at radius 1 is 1.47 bits per heavy atom. The zero-order chi connectivity index (χ0) is 13.7. The number of carbonyl (C=O) groups excluding carboxylic acids is 1. The topological polar surface area (TPSA) is 55.6 Å². The lowest BCUT2D eigenvalue weighted by atomic mass is 10.4. The van der Waals surface area contributed by atoms with Gasteiger partial charge >= 0.3 is 0 Å². The van der Waals surface area contributed by atoms with Crippen LogP contribution in [0.2, 0.25) is 0 Å². The molecule has 1 amide bonds. The van der Waals surface area contributed by atoms with E-state index in [9.17, 15) is 0 Å². The second kappa shape index (κ2) is 13.3. The number of nitrogens with two attached hydrogens (primary N) is 1. The minimum Gasteiger partial charge on any atom is -0.467 e. The normalized spacial score (nSPS) is 8.65. The van der Waals surface area contributed by atoms with Gasteiger partial charge in [-0.05, 0) is 25.1 Å². The van der Waals surface area contributed by atoms with Crippen molar-refractivity contribution in [1.29, 1.82) is 0 Å². The van der Waals surface area contributed by atoms with Crippen molar-refractivity contribution >= 4 is 35.3 Å². The lowest BCUT2D eigenvalue weighted by Crippen LogP contribution is -2.32. The van der Waals surface area contributed by atoms with E-state index in [0.29, 0.717) is 11.8 Å². The van der Waals surface area contributed by atoms with Crippen molar-refractivity contribution in [3.63, 3.8) is 0 Å². The Morgan fingerprint density at radius 2 is 1.88 bits per heavy atom. The third kappa shape index (κ3) is 15.2. The third-order valence-electron chi connectivity index (χ3n) is 1.57. The summed E-state index contributed by atoms with van der Waals surface area (Å²) in [5.41, 5.74) is 4.34. The van der Waals surface area contributed by atoms with Crippen LogP contribution in [-0.2, 0) is 4.74 Å². The first kappa shape index (κ1) is 18.6. The van der Waals surface area contributed by atoms with Gasteiger partial charge < -0.3 is 15.4 Å². The Bertz CT molecular complexity index is 226. The van der Waals surface area contributed by atoms with Gasteiger partial charge in [0.1, 0.15) is 6.61 Å². The molecule has 0 saturated carbocycles. The molecule has 0 aromatic heterocycles. The molecule has 0 aromatic carbocycles. The standard InChI is InChI=1S/C10H19NOS.CH3NOS/c1-4-7-11(8-5-2)10(13)12-9-6-3;2-1(3)4/h6H,3-5,7-9H2,1-2H3;(H3,2,3,4). The van der Waals surface area contributed by atoms with Gasteiger partial charge in [-0.25, -0.2) is 0 Å². The molecule has 0 rings (SSSR count). The fraction of sp³-hybridized carbons (Fsp3) is 0.636. The molecule has 17 heavy (non-hydrogen) atoms. The third-order valence-corrected chi connectivity index (χ3v) is 1.95. The first-order valence-corrected chi connectivity index (χ1v) is 6.36. The number of hydrogen-bond acceptors (Lipinski definition) is 3. The van der Waals surface area contributed by atoms with Crippen LogP contribution in [0, 0.1) is 0 Å². The van der Waals surface area contributed by atoms with Crippen LogP contribution in [0.1, 0.15) is 26.7 Å². The highest BCUT2D eigenvalue weighted by atomic mass is 32.1. The van der Waals surface area contributed by atoms with Crippen LogP contribution < -0.4 is 5.73 Å². The number of nitrogens with zero attached hydrogens (tertiary/aromatic N) is 1. The molecular weight excluding hydrogens is 256 g/mol. The molecule has 0 aliphatic heterocycles. The fourth-order valence-electron chi connectivity index (χ4n) is 1.06. The Kier molecular flexibility index (Phi) is 14.6.